The second kappa shape index (κ2) is 3.82. The van der Waals surface area contributed by atoms with Crippen LogP contribution in [0.2, 0.25) is 0 Å². The van der Waals surface area contributed by atoms with E-state index in [1.54, 1.807) is 0 Å². The lowest BCUT2D eigenvalue weighted by molar-refractivity contribution is 0.655. The largest absolute Gasteiger partial charge is 0.383 e. The molecule has 0 fully saturated rings. The first kappa shape index (κ1) is 9.86. The van der Waals surface area contributed by atoms with Crippen LogP contribution in [0.3, 0.4) is 0 Å². The van der Waals surface area contributed by atoms with E-state index >= 15 is 0 Å². The van der Waals surface area contributed by atoms with Gasteiger partial charge in [0.05, 0.1) is 11.9 Å². The second-order valence-corrected chi connectivity index (χ2v) is 3.94. The summed E-state index contributed by atoms with van der Waals surface area (Å²) >= 11 is 0. The van der Waals surface area contributed by atoms with Crippen molar-refractivity contribution in [3.05, 3.63) is 41.8 Å². The van der Waals surface area contributed by atoms with Gasteiger partial charge >= 0.3 is 0 Å². The van der Waals surface area contributed by atoms with E-state index in [1.807, 2.05) is 11.2 Å². The summed E-state index contributed by atoms with van der Waals surface area (Å²) in [4.78, 5) is 0. The molecule has 2 rings (SSSR count). The molecule has 4 nitrogen and oxygen atoms in total. The molecule has 1 aromatic carbocycles. The van der Waals surface area contributed by atoms with Gasteiger partial charge in [-0.3, -0.25) is 10.4 Å². The first-order chi connectivity index (χ1) is 7.16. The maximum atomic E-state index is 5.59. The van der Waals surface area contributed by atoms with Crippen LogP contribution in [-0.4, -0.2) is 0 Å². The maximum Gasteiger partial charge on any atom is 0.130 e. The lowest BCUT2D eigenvalue weighted by Gasteiger charge is -2.15. The molecule has 1 heterocycles. The number of hydrogen-bond donors (Lipinski definition) is 3. The SMILES string of the molecule is CC(C)c1ccc(N2C=C(N)NN2)cc1. The summed E-state index contributed by atoms with van der Waals surface area (Å²) in [6.45, 7) is 4.37. The predicted molar refractivity (Wildman–Crippen MR) is 61.6 cm³/mol. The Bertz CT molecular complexity index is 367. The molecule has 0 radical (unpaired) electrons. The minimum absolute atomic E-state index is 0.560. The van der Waals surface area contributed by atoms with Gasteiger partial charge in [0.25, 0.3) is 0 Å². The van der Waals surface area contributed by atoms with Gasteiger partial charge in [0, 0.05) is 0 Å². The first-order valence-electron chi connectivity index (χ1n) is 5.05. The Morgan fingerprint density at radius 1 is 1.20 bits per heavy atom. The number of rotatable bonds is 2. The third kappa shape index (κ3) is 2.05. The Morgan fingerprint density at radius 2 is 1.87 bits per heavy atom. The first-order valence-corrected chi connectivity index (χ1v) is 5.05. The summed E-state index contributed by atoms with van der Waals surface area (Å²) in [7, 11) is 0. The highest BCUT2D eigenvalue weighted by molar-refractivity contribution is 5.50. The fourth-order valence-corrected chi connectivity index (χ4v) is 1.49. The molecular weight excluding hydrogens is 188 g/mol. The van der Waals surface area contributed by atoms with Crippen LogP contribution in [-0.2, 0) is 0 Å². The summed E-state index contributed by atoms with van der Waals surface area (Å²) in [5.41, 5.74) is 13.7. The second-order valence-electron chi connectivity index (χ2n) is 3.94. The van der Waals surface area contributed by atoms with Gasteiger partial charge in [-0.2, -0.15) is 0 Å². The summed E-state index contributed by atoms with van der Waals surface area (Å²) in [6.07, 6.45) is 1.81. The molecule has 1 aromatic rings. The van der Waals surface area contributed by atoms with Crippen LogP contribution in [0.15, 0.2) is 36.3 Å². The van der Waals surface area contributed by atoms with E-state index in [9.17, 15) is 0 Å². The Kier molecular flexibility index (Phi) is 2.51. The topological polar surface area (TPSA) is 53.3 Å². The van der Waals surface area contributed by atoms with Crippen molar-refractivity contribution in [2.75, 3.05) is 5.01 Å². The Hall–Kier alpha value is -1.68. The fourth-order valence-electron chi connectivity index (χ4n) is 1.49. The van der Waals surface area contributed by atoms with Crippen molar-refractivity contribution >= 4 is 5.69 Å². The van der Waals surface area contributed by atoms with E-state index in [-0.39, 0.29) is 0 Å². The smallest absolute Gasteiger partial charge is 0.130 e. The zero-order valence-corrected chi connectivity index (χ0v) is 8.99. The van der Waals surface area contributed by atoms with Crippen molar-refractivity contribution in [3.8, 4) is 0 Å². The molecule has 0 unspecified atom stereocenters. The van der Waals surface area contributed by atoms with Gasteiger partial charge in [0.15, 0.2) is 0 Å². The Balaban J connectivity index is 2.17. The molecule has 0 bridgehead atoms. The third-order valence-electron chi connectivity index (χ3n) is 2.43. The highest BCUT2D eigenvalue weighted by atomic mass is 15.7. The van der Waals surface area contributed by atoms with E-state index < -0.39 is 0 Å². The molecule has 0 amide bonds. The van der Waals surface area contributed by atoms with Gasteiger partial charge in [-0.25, -0.2) is 0 Å². The van der Waals surface area contributed by atoms with Crippen molar-refractivity contribution in [3.63, 3.8) is 0 Å². The van der Waals surface area contributed by atoms with Gasteiger partial charge < -0.3 is 5.73 Å². The number of hydrogen-bond acceptors (Lipinski definition) is 4. The van der Waals surface area contributed by atoms with Crippen molar-refractivity contribution < 1.29 is 0 Å². The highest BCUT2D eigenvalue weighted by Crippen LogP contribution is 2.20. The van der Waals surface area contributed by atoms with Crippen LogP contribution in [0, 0.1) is 0 Å². The zero-order valence-electron chi connectivity index (χ0n) is 8.99. The average molecular weight is 204 g/mol. The number of benzene rings is 1. The molecule has 15 heavy (non-hydrogen) atoms. The fraction of sp³-hybridized carbons (Fsp3) is 0.273. The molecule has 0 spiro atoms. The van der Waals surface area contributed by atoms with Crippen molar-refractivity contribution in [1.82, 2.24) is 11.0 Å². The molecule has 1 aliphatic rings. The normalized spacial score (nSPS) is 15.4. The molecule has 1 aliphatic heterocycles. The molecule has 0 atom stereocenters. The van der Waals surface area contributed by atoms with Crippen molar-refractivity contribution in [2.24, 2.45) is 5.73 Å². The van der Waals surface area contributed by atoms with Gasteiger partial charge in [-0.1, -0.05) is 26.0 Å². The van der Waals surface area contributed by atoms with Gasteiger partial charge in [-0.05, 0) is 23.6 Å². The Labute approximate surface area is 89.7 Å². The van der Waals surface area contributed by atoms with E-state index in [1.165, 1.54) is 5.56 Å². The predicted octanol–water partition coefficient (Wildman–Crippen LogP) is 1.40. The van der Waals surface area contributed by atoms with E-state index in [0.29, 0.717) is 11.7 Å². The summed E-state index contributed by atoms with van der Waals surface area (Å²) < 4.78 is 0. The van der Waals surface area contributed by atoms with Gasteiger partial charge in [-0.15, -0.1) is 5.53 Å². The molecule has 4 N–H and O–H groups in total. The molecule has 0 aromatic heterocycles. The number of nitrogens with one attached hydrogen (secondary N) is 2. The molecule has 0 saturated carbocycles. The van der Waals surface area contributed by atoms with Crippen LogP contribution in [0.4, 0.5) is 5.69 Å². The Morgan fingerprint density at radius 3 is 2.33 bits per heavy atom. The summed E-state index contributed by atoms with van der Waals surface area (Å²) in [6, 6.07) is 8.40. The quantitative estimate of drug-likeness (QED) is 0.681. The number of hydrazine groups is 2. The lowest BCUT2D eigenvalue weighted by atomic mass is 10.0. The highest BCUT2D eigenvalue weighted by Gasteiger charge is 2.10. The van der Waals surface area contributed by atoms with Crippen LogP contribution < -0.4 is 21.7 Å². The number of anilines is 1. The zero-order chi connectivity index (χ0) is 10.8. The number of nitrogens with zero attached hydrogens (tertiary/aromatic N) is 1. The van der Waals surface area contributed by atoms with Gasteiger partial charge in [0.2, 0.25) is 0 Å². The molecular formula is C11H16N4. The molecule has 0 aliphatic carbocycles. The monoisotopic (exact) mass is 204 g/mol. The lowest BCUT2D eigenvalue weighted by Crippen LogP contribution is -2.37. The minimum Gasteiger partial charge on any atom is -0.383 e. The van der Waals surface area contributed by atoms with Gasteiger partial charge in [0.1, 0.15) is 5.82 Å². The van der Waals surface area contributed by atoms with Crippen LogP contribution >= 0.6 is 0 Å². The van der Waals surface area contributed by atoms with Crippen molar-refractivity contribution in [1.29, 1.82) is 0 Å². The average Bonchev–Trinajstić information content (AvgIpc) is 2.65. The standard InChI is InChI=1S/C11H16N4/c1-8(2)9-3-5-10(6-4-9)15-7-11(12)13-14-15/h3-8,13-14H,12H2,1-2H3. The van der Waals surface area contributed by atoms with E-state index in [0.717, 1.165) is 5.69 Å². The number of nitrogens with two attached hydrogens (primary N) is 1. The molecule has 80 valence electrons. The molecule has 4 heteroatoms. The van der Waals surface area contributed by atoms with E-state index in [2.05, 4.69) is 49.1 Å². The van der Waals surface area contributed by atoms with Crippen LogP contribution in [0.5, 0.6) is 0 Å². The third-order valence-corrected chi connectivity index (χ3v) is 2.43. The summed E-state index contributed by atoms with van der Waals surface area (Å²) in [5, 5.41) is 1.85. The minimum atomic E-state index is 0.560. The maximum absolute atomic E-state index is 5.59. The van der Waals surface area contributed by atoms with Crippen LogP contribution in [0.1, 0.15) is 25.3 Å². The summed E-state index contributed by atoms with van der Waals surface area (Å²) in [5.74, 6) is 1.17. The van der Waals surface area contributed by atoms with E-state index in [4.69, 9.17) is 5.73 Å². The molecule has 0 saturated heterocycles. The van der Waals surface area contributed by atoms with Crippen molar-refractivity contribution in [2.45, 2.75) is 19.8 Å². The van der Waals surface area contributed by atoms with Crippen LogP contribution in [0.25, 0.3) is 0 Å².